The number of carbonyl (C=O) groups is 1. The van der Waals surface area contributed by atoms with E-state index >= 15 is 0 Å². The van der Waals surface area contributed by atoms with Crippen molar-refractivity contribution in [3.05, 3.63) is 53.7 Å². The van der Waals surface area contributed by atoms with E-state index in [0.717, 1.165) is 29.9 Å². The fourth-order valence-corrected chi connectivity index (χ4v) is 3.60. The summed E-state index contributed by atoms with van der Waals surface area (Å²) in [5.74, 6) is -0.0772. The number of hydrogen-bond acceptors (Lipinski definition) is 4. The van der Waals surface area contributed by atoms with Crippen LogP contribution in [-0.2, 0) is 11.0 Å². The first-order valence-electron chi connectivity index (χ1n) is 9.36. The average molecular weight is 403 g/mol. The van der Waals surface area contributed by atoms with Gasteiger partial charge < -0.3 is 10.2 Å². The van der Waals surface area contributed by atoms with E-state index in [4.69, 9.17) is 0 Å². The summed E-state index contributed by atoms with van der Waals surface area (Å²) < 4.78 is 40.6. The molecule has 0 aliphatic carbocycles. The molecule has 3 aromatic rings. The van der Waals surface area contributed by atoms with Crippen molar-refractivity contribution in [2.75, 3.05) is 23.3 Å². The molecule has 1 aliphatic heterocycles. The molecule has 1 atom stereocenters. The molecular formula is C20H20F3N5O. The van der Waals surface area contributed by atoms with Crippen LogP contribution in [0.2, 0.25) is 0 Å². The normalized spacial score (nSPS) is 17.5. The number of piperidine rings is 1. The Morgan fingerprint density at radius 1 is 1.21 bits per heavy atom. The fourth-order valence-electron chi connectivity index (χ4n) is 3.60. The maximum atomic E-state index is 13.1. The second-order valence-corrected chi connectivity index (χ2v) is 7.29. The van der Waals surface area contributed by atoms with Crippen LogP contribution in [0.5, 0.6) is 0 Å². The molecule has 152 valence electrons. The summed E-state index contributed by atoms with van der Waals surface area (Å²) in [4.78, 5) is 14.5. The lowest BCUT2D eigenvalue weighted by Crippen LogP contribution is -2.41. The molecule has 1 amide bonds. The maximum Gasteiger partial charge on any atom is 0.417 e. The number of nitrogens with one attached hydrogen (secondary N) is 1. The summed E-state index contributed by atoms with van der Waals surface area (Å²) in [7, 11) is 0. The van der Waals surface area contributed by atoms with Gasteiger partial charge in [0.25, 0.3) is 0 Å². The molecule has 1 saturated heterocycles. The molecule has 29 heavy (non-hydrogen) atoms. The van der Waals surface area contributed by atoms with E-state index in [0.29, 0.717) is 31.1 Å². The largest absolute Gasteiger partial charge is 0.417 e. The zero-order valence-corrected chi connectivity index (χ0v) is 15.8. The number of alkyl halides is 3. The van der Waals surface area contributed by atoms with E-state index in [1.807, 2.05) is 36.1 Å². The number of benzene rings is 1. The van der Waals surface area contributed by atoms with Gasteiger partial charge in [-0.15, -0.1) is 10.2 Å². The van der Waals surface area contributed by atoms with Crippen molar-refractivity contribution in [3.63, 3.8) is 0 Å². The van der Waals surface area contributed by atoms with Crippen LogP contribution >= 0.6 is 0 Å². The molecule has 0 saturated carbocycles. The summed E-state index contributed by atoms with van der Waals surface area (Å²) in [6, 6.07) is 9.83. The number of fused-ring (bicyclic) bond motifs is 1. The lowest BCUT2D eigenvalue weighted by Gasteiger charge is -2.32. The Morgan fingerprint density at radius 3 is 2.79 bits per heavy atom. The topological polar surface area (TPSA) is 62.5 Å². The van der Waals surface area contributed by atoms with Crippen LogP contribution in [-0.4, -0.2) is 33.6 Å². The molecule has 1 aromatic carbocycles. The summed E-state index contributed by atoms with van der Waals surface area (Å²) in [5, 5.41) is 11.0. The van der Waals surface area contributed by atoms with Crippen molar-refractivity contribution < 1.29 is 18.0 Å². The molecular weight excluding hydrogens is 383 g/mol. The predicted octanol–water partition coefficient (Wildman–Crippen LogP) is 3.91. The molecule has 3 heterocycles. The highest BCUT2D eigenvalue weighted by atomic mass is 19.4. The Bertz CT molecular complexity index is 1050. The van der Waals surface area contributed by atoms with E-state index in [-0.39, 0.29) is 11.8 Å². The third kappa shape index (κ3) is 4.03. The summed E-state index contributed by atoms with van der Waals surface area (Å²) in [6.07, 6.45) is -2.01. The van der Waals surface area contributed by atoms with Crippen molar-refractivity contribution in [2.45, 2.75) is 25.9 Å². The van der Waals surface area contributed by atoms with Crippen LogP contribution in [0.1, 0.15) is 24.0 Å². The van der Waals surface area contributed by atoms with Gasteiger partial charge in [-0.25, -0.2) is 0 Å². The van der Waals surface area contributed by atoms with Crippen LogP contribution in [0.4, 0.5) is 24.8 Å². The van der Waals surface area contributed by atoms with Gasteiger partial charge in [-0.3, -0.25) is 9.20 Å². The monoisotopic (exact) mass is 403 g/mol. The second-order valence-electron chi connectivity index (χ2n) is 7.29. The third-order valence-electron chi connectivity index (χ3n) is 5.07. The minimum atomic E-state index is -4.45. The lowest BCUT2D eigenvalue weighted by molar-refractivity contribution is -0.137. The highest BCUT2D eigenvalue weighted by molar-refractivity contribution is 5.93. The number of rotatable bonds is 3. The van der Waals surface area contributed by atoms with E-state index in [1.165, 1.54) is 10.5 Å². The number of anilines is 2. The smallest absolute Gasteiger partial charge is 0.340 e. The second kappa shape index (κ2) is 7.38. The Kier molecular flexibility index (Phi) is 4.89. The summed E-state index contributed by atoms with van der Waals surface area (Å²) >= 11 is 0. The van der Waals surface area contributed by atoms with Gasteiger partial charge in [0.2, 0.25) is 11.9 Å². The standard InChI is InChI=1S/C20H20F3N5O/c1-13-4-2-6-16(10-13)24-18(29)14-5-3-9-27(11-14)19-26-25-17-8-7-15(12-28(17)19)20(21,22)23/h2,4,6-8,10,12,14H,3,5,9,11H2,1H3,(H,24,29)/t14-/m0/s1. The molecule has 0 unspecified atom stereocenters. The molecule has 6 nitrogen and oxygen atoms in total. The SMILES string of the molecule is Cc1cccc(NC(=O)[C@H]2CCCN(c3nnc4ccc(C(F)(F)F)cn34)C2)c1. The minimum Gasteiger partial charge on any atom is -0.340 e. The van der Waals surface area contributed by atoms with E-state index < -0.39 is 11.7 Å². The van der Waals surface area contributed by atoms with Gasteiger partial charge in [0.15, 0.2) is 5.65 Å². The highest BCUT2D eigenvalue weighted by Gasteiger charge is 2.32. The van der Waals surface area contributed by atoms with Crippen LogP contribution in [0.25, 0.3) is 5.65 Å². The number of halogens is 3. The fraction of sp³-hybridized carbons (Fsp3) is 0.350. The number of nitrogens with zero attached hydrogens (tertiary/aromatic N) is 4. The molecule has 0 radical (unpaired) electrons. The zero-order valence-electron chi connectivity index (χ0n) is 15.8. The van der Waals surface area contributed by atoms with Crippen LogP contribution < -0.4 is 10.2 Å². The maximum absolute atomic E-state index is 13.1. The van der Waals surface area contributed by atoms with Gasteiger partial charge in [-0.1, -0.05) is 12.1 Å². The van der Waals surface area contributed by atoms with E-state index in [2.05, 4.69) is 15.5 Å². The number of hydrogen-bond donors (Lipinski definition) is 1. The number of aromatic nitrogens is 3. The first-order chi connectivity index (χ1) is 13.8. The number of carbonyl (C=O) groups excluding carboxylic acids is 1. The quantitative estimate of drug-likeness (QED) is 0.720. The van der Waals surface area contributed by atoms with Gasteiger partial charge in [-0.2, -0.15) is 13.2 Å². The van der Waals surface area contributed by atoms with Crippen molar-refractivity contribution in [3.8, 4) is 0 Å². The molecule has 1 aliphatic rings. The van der Waals surface area contributed by atoms with Crippen LogP contribution in [0, 0.1) is 12.8 Å². The van der Waals surface area contributed by atoms with Crippen LogP contribution in [0.15, 0.2) is 42.6 Å². The Labute approximate surface area is 165 Å². The summed E-state index contributed by atoms with van der Waals surface area (Å²) in [5.41, 5.74) is 1.34. The average Bonchev–Trinajstić information content (AvgIpc) is 3.11. The molecule has 9 heteroatoms. The van der Waals surface area contributed by atoms with Crippen molar-refractivity contribution in [2.24, 2.45) is 5.92 Å². The Hall–Kier alpha value is -3.10. The van der Waals surface area contributed by atoms with E-state index in [9.17, 15) is 18.0 Å². The summed E-state index contributed by atoms with van der Waals surface area (Å²) in [6.45, 7) is 2.92. The molecule has 0 spiro atoms. The van der Waals surface area contributed by atoms with Crippen molar-refractivity contribution in [1.82, 2.24) is 14.6 Å². The molecule has 4 rings (SSSR count). The molecule has 1 fully saturated rings. The molecule has 1 N–H and O–H groups in total. The zero-order chi connectivity index (χ0) is 20.6. The van der Waals surface area contributed by atoms with Gasteiger partial charge in [0, 0.05) is 25.0 Å². The number of pyridine rings is 1. The highest BCUT2D eigenvalue weighted by Crippen LogP contribution is 2.31. The predicted molar refractivity (Wildman–Crippen MR) is 103 cm³/mol. The van der Waals surface area contributed by atoms with Crippen molar-refractivity contribution >= 4 is 23.2 Å². The number of amides is 1. The van der Waals surface area contributed by atoms with Gasteiger partial charge in [-0.05, 0) is 49.6 Å². The molecule has 2 aromatic heterocycles. The Balaban J connectivity index is 1.54. The van der Waals surface area contributed by atoms with Gasteiger partial charge >= 0.3 is 6.18 Å². The lowest BCUT2D eigenvalue weighted by atomic mass is 9.97. The molecule has 0 bridgehead atoms. The van der Waals surface area contributed by atoms with E-state index in [1.54, 1.807) is 0 Å². The number of aryl methyl sites for hydroxylation is 1. The van der Waals surface area contributed by atoms with Crippen molar-refractivity contribution in [1.29, 1.82) is 0 Å². The van der Waals surface area contributed by atoms with Gasteiger partial charge in [0.1, 0.15) is 0 Å². The first kappa shape index (κ1) is 19.2. The first-order valence-corrected chi connectivity index (χ1v) is 9.36. The van der Waals surface area contributed by atoms with Crippen LogP contribution in [0.3, 0.4) is 0 Å². The third-order valence-corrected chi connectivity index (χ3v) is 5.07. The Morgan fingerprint density at radius 2 is 2.03 bits per heavy atom. The minimum absolute atomic E-state index is 0.106. The van der Waals surface area contributed by atoms with Gasteiger partial charge in [0.05, 0.1) is 11.5 Å².